The van der Waals surface area contributed by atoms with E-state index in [1.54, 1.807) is 10.9 Å². The van der Waals surface area contributed by atoms with Crippen LogP contribution in [0.1, 0.15) is 12.8 Å². The summed E-state index contributed by atoms with van der Waals surface area (Å²) in [7, 11) is 0. The molecule has 0 aliphatic carbocycles. The van der Waals surface area contributed by atoms with Gasteiger partial charge in [-0.05, 0) is 43.2 Å². The number of nitrogens with one attached hydrogen (secondary N) is 1. The molecule has 0 saturated carbocycles. The maximum absolute atomic E-state index is 12.1. The lowest BCUT2D eigenvalue weighted by atomic mass is 9.99. The van der Waals surface area contributed by atoms with Gasteiger partial charge in [0.2, 0.25) is 5.91 Å². The summed E-state index contributed by atoms with van der Waals surface area (Å²) in [5, 5.41) is 7.13. The summed E-state index contributed by atoms with van der Waals surface area (Å²) >= 11 is 0. The maximum Gasteiger partial charge on any atom is 0.227 e. The summed E-state index contributed by atoms with van der Waals surface area (Å²) in [6, 6.07) is 9.54. The average Bonchev–Trinajstić information content (AvgIpc) is 3.03. The number of aromatic nitrogens is 2. The largest absolute Gasteiger partial charge is 0.381 e. The Morgan fingerprint density at radius 1 is 1.25 bits per heavy atom. The zero-order chi connectivity index (χ0) is 13.8. The van der Waals surface area contributed by atoms with E-state index < -0.39 is 0 Å². The molecular weight excluding hydrogens is 254 g/mol. The fraction of sp³-hybridized carbons (Fsp3) is 0.333. The van der Waals surface area contributed by atoms with Crippen molar-refractivity contribution in [2.75, 3.05) is 18.5 Å². The van der Waals surface area contributed by atoms with Crippen molar-refractivity contribution < 1.29 is 9.53 Å². The average molecular weight is 271 g/mol. The van der Waals surface area contributed by atoms with Crippen molar-refractivity contribution in [3.63, 3.8) is 0 Å². The second-order valence-electron chi connectivity index (χ2n) is 4.87. The number of nitrogens with zero attached hydrogens (tertiary/aromatic N) is 2. The van der Waals surface area contributed by atoms with Crippen LogP contribution in [0, 0.1) is 5.92 Å². The molecule has 2 heterocycles. The second kappa shape index (κ2) is 5.88. The van der Waals surface area contributed by atoms with E-state index in [4.69, 9.17) is 4.74 Å². The molecule has 1 saturated heterocycles. The molecule has 20 heavy (non-hydrogen) atoms. The van der Waals surface area contributed by atoms with Crippen LogP contribution in [-0.4, -0.2) is 28.9 Å². The number of amides is 1. The van der Waals surface area contributed by atoms with Crippen LogP contribution in [0.4, 0.5) is 5.69 Å². The van der Waals surface area contributed by atoms with E-state index in [0.29, 0.717) is 13.2 Å². The van der Waals surface area contributed by atoms with E-state index in [9.17, 15) is 4.79 Å². The fourth-order valence-corrected chi connectivity index (χ4v) is 2.32. The Kier molecular flexibility index (Phi) is 3.78. The first-order chi connectivity index (χ1) is 9.83. The molecule has 0 atom stereocenters. The highest BCUT2D eigenvalue weighted by Gasteiger charge is 2.21. The van der Waals surface area contributed by atoms with Crippen molar-refractivity contribution in [2.45, 2.75) is 12.8 Å². The minimum Gasteiger partial charge on any atom is -0.381 e. The van der Waals surface area contributed by atoms with Crippen LogP contribution < -0.4 is 5.32 Å². The Morgan fingerprint density at radius 3 is 2.65 bits per heavy atom. The number of anilines is 1. The molecule has 1 aromatic carbocycles. The van der Waals surface area contributed by atoms with Gasteiger partial charge in [0.25, 0.3) is 0 Å². The van der Waals surface area contributed by atoms with Gasteiger partial charge in [-0.3, -0.25) is 4.79 Å². The third-order valence-corrected chi connectivity index (χ3v) is 3.50. The summed E-state index contributed by atoms with van der Waals surface area (Å²) in [5.41, 5.74) is 1.79. The van der Waals surface area contributed by atoms with E-state index in [1.807, 2.05) is 36.5 Å². The van der Waals surface area contributed by atoms with Crippen LogP contribution in [-0.2, 0) is 9.53 Å². The molecule has 3 rings (SSSR count). The SMILES string of the molecule is O=C(Nc1ccc(-n2cccn2)cc1)C1CCOCC1. The van der Waals surface area contributed by atoms with E-state index in [2.05, 4.69) is 10.4 Å². The number of carbonyl (C=O) groups excluding carboxylic acids is 1. The highest BCUT2D eigenvalue weighted by molar-refractivity contribution is 5.92. The number of hydrogen-bond donors (Lipinski definition) is 1. The van der Waals surface area contributed by atoms with Gasteiger partial charge in [-0.15, -0.1) is 0 Å². The molecule has 1 aliphatic heterocycles. The predicted molar refractivity (Wildman–Crippen MR) is 75.7 cm³/mol. The van der Waals surface area contributed by atoms with Crippen LogP contribution in [0.25, 0.3) is 5.69 Å². The van der Waals surface area contributed by atoms with Crippen LogP contribution in [0.5, 0.6) is 0 Å². The monoisotopic (exact) mass is 271 g/mol. The number of carbonyl (C=O) groups is 1. The molecule has 5 nitrogen and oxygen atoms in total. The summed E-state index contributed by atoms with van der Waals surface area (Å²) < 4.78 is 7.05. The Balaban J connectivity index is 1.64. The standard InChI is InChI=1S/C15H17N3O2/c19-15(12-6-10-20-11-7-12)17-13-2-4-14(5-3-13)18-9-1-8-16-18/h1-5,8-9,12H,6-7,10-11H2,(H,17,19). The quantitative estimate of drug-likeness (QED) is 0.931. The van der Waals surface area contributed by atoms with Crippen molar-refractivity contribution in [1.82, 2.24) is 9.78 Å². The third-order valence-electron chi connectivity index (χ3n) is 3.50. The first kappa shape index (κ1) is 12.9. The van der Waals surface area contributed by atoms with Crippen LogP contribution in [0.3, 0.4) is 0 Å². The highest BCUT2D eigenvalue weighted by Crippen LogP contribution is 2.18. The minimum atomic E-state index is 0.0644. The summed E-state index contributed by atoms with van der Waals surface area (Å²) in [5.74, 6) is 0.148. The van der Waals surface area contributed by atoms with Crippen molar-refractivity contribution >= 4 is 11.6 Å². The smallest absolute Gasteiger partial charge is 0.227 e. The van der Waals surface area contributed by atoms with Gasteiger partial charge >= 0.3 is 0 Å². The molecule has 0 unspecified atom stereocenters. The van der Waals surface area contributed by atoms with E-state index >= 15 is 0 Å². The Morgan fingerprint density at radius 2 is 2.00 bits per heavy atom. The van der Waals surface area contributed by atoms with Crippen LogP contribution in [0.15, 0.2) is 42.7 Å². The van der Waals surface area contributed by atoms with Gasteiger partial charge < -0.3 is 10.1 Å². The summed E-state index contributed by atoms with van der Waals surface area (Å²) in [6.45, 7) is 1.35. The minimum absolute atomic E-state index is 0.0644. The van der Waals surface area contributed by atoms with Gasteiger partial charge in [-0.25, -0.2) is 4.68 Å². The molecule has 0 spiro atoms. The first-order valence-electron chi connectivity index (χ1n) is 6.81. The van der Waals surface area contributed by atoms with Gasteiger partial charge in [-0.2, -0.15) is 5.10 Å². The number of benzene rings is 1. The van der Waals surface area contributed by atoms with Crippen LogP contribution >= 0.6 is 0 Å². The van der Waals surface area contributed by atoms with Crippen molar-refractivity contribution in [3.8, 4) is 5.69 Å². The summed E-state index contributed by atoms with van der Waals surface area (Å²) in [4.78, 5) is 12.1. The molecule has 1 aliphatic rings. The molecule has 5 heteroatoms. The highest BCUT2D eigenvalue weighted by atomic mass is 16.5. The van der Waals surface area contributed by atoms with Gasteiger partial charge in [0.15, 0.2) is 0 Å². The lowest BCUT2D eigenvalue weighted by molar-refractivity contribution is -0.122. The lowest BCUT2D eigenvalue weighted by Gasteiger charge is -2.21. The third kappa shape index (κ3) is 2.88. The molecule has 1 aromatic heterocycles. The van der Waals surface area contributed by atoms with Crippen molar-refractivity contribution in [2.24, 2.45) is 5.92 Å². The zero-order valence-corrected chi connectivity index (χ0v) is 11.2. The van der Waals surface area contributed by atoms with Crippen molar-refractivity contribution in [1.29, 1.82) is 0 Å². The van der Waals surface area contributed by atoms with E-state index in [-0.39, 0.29) is 11.8 Å². The second-order valence-corrected chi connectivity index (χ2v) is 4.87. The number of ether oxygens (including phenoxy) is 1. The van der Waals surface area contributed by atoms with Crippen LogP contribution in [0.2, 0.25) is 0 Å². The van der Waals surface area contributed by atoms with Gasteiger partial charge in [0.05, 0.1) is 5.69 Å². The number of rotatable bonds is 3. The molecule has 1 fully saturated rings. The van der Waals surface area contributed by atoms with E-state index in [1.165, 1.54) is 0 Å². The molecular formula is C15H17N3O2. The van der Waals surface area contributed by atoms with Gasteiger partial charge in [0.1, 0.15) is 0 Å². The summed E-state index contributed by atoms with van der Waals surface area (Å²) in [6.07, 6.45) is 5.23. The Labute approximate surface area is 117 Å². The molecule has 2 aromatic rings. The normalized spacial score (nSPS) is 16.0. The molecule has 1 N–H and O–H groups in total. The Bertz CT molecular complexity index is 557. The molecule has 1 amide bonds. The number of hydrogen-bond acceptors (Lipinski definition) is 3. The topological polar surface area (TPSA) is 56.2 Å². The first-order valence-corrected chi connectivity index (χ1v) is 6.81. The fourth-order valence-electron chi connectivity index (χ4n) is 2.32. The molecule has 0 bridgehead atoms. The van der Waals surface area contributed by atoms with Crippen molar-refractivity contribution in [3.05, 3.63) is 42.7 Å². The molecule has 104 valence electrons. The Hall–Kier alpha value is -2.14. The van der Waals surface area contributed by atoms with E-state index in [0.717, 1.165) is 24.2 Å². The maximum atomic E-state index is 12.1. The molecule has 0 radical (unpaired) electrons. The predicted octanol–water partition coefficient (Wildman–Crippen LogP) is 2.24. The van der Waals surface area contributed by atoms with Gasteiger partial charge in [-0.1, -0.05) is 0 Å². The van der Waals surface area contributed by atoms with Gasteiger partial charge in [0, 0.05) is 37.2 Å². The zero-order valence-electron chi connectivity index (χ0n) is 11.2. The lowest BCUT2D eigenvalue weighted by Crippen LogP contribution is -2.28.